The molecule has 2 aromatic carbocycles. The number of hydrogen-bond acceptors (Lipinski definition) is 6. The normalized spacial score (nSPS) is 12.2. The lowest BCUT2D eigenvalue weighted by molar-refractivity contribution is 0.0934. The molecule has 3 rings (SSSR count). The van der Waals surface area contributed by atoms with E-state index in [2.05, 4.69) is 10.3 Å². The molecule has 0 saturated heterocycles. The molecule has 1 unspecified atom stereocenters. The van der Waals surface area contributed by atoms with Crippen LogP contribution < -0.4 is 10.1 Å². The molecule has 1 aromatic heterocycles. The van der Waals surface area contributed by atoms with Gasteiger partial charge in [-0.2, -0.15) is 8.42 Å². The lowest BCUT2D eigenvalue weighted by Crippen LogP contribution is -2.28. The van der Waals surface area contributed by atoms with E-state index in [4.69, 9.17) is 8.92 Å². The lowest BCUT2D eigenvalue weighted by Gasteiger charge is -2.19. The van der Waals surface area contributed by atoms with Crippen molar-refractivity contribution in [3.05, 3.63) is 89.2 Å². The zero-order chi connectivity index (χ0) is 23.1. The SMILES string of the molecule is COc1ccc(CCOS(=O)(=O)c2ccc(C)cc2)c(C(C)NC(=O)c2ccccn2)c1. The van der Waals surface area contributed by atoms with Gasteiger partial charge in [0.1, 0.15) is 11.4 Å². The summed E-state index contributed by atoms with van der Waals surface area (Å²) in [6.07, 6.45) is 1.90. The number of carbonyl (C=O) groups is 1. The maximum absolute atomic E-state index is 12.5. The summed E-state index contributed by atoms with van der Waals surface area (Å²) in [7, 11) is -2.29. The molecule has 0 aliphatic carbocycles. The first-order valence-electron chi connectivity index (χ1n) is 10.1. The van der Waals surface area contributed by atoms with Crippen molar-refractivity contribution in [3.8, 4) is 5.75 Å². The van der Waals surface area contributed by atoms with E-state index in [1.54, 1.807) is 49.7 Å². The highest BCUT2D eigenvalue weighted by atomic mass is 32.2. The Kier molecular flexibility index (Phi) is 7.61. The zero-order valence-corrected chi connectivity index (χ0v) is 19.1. The molecule has 1 amide bonds. The molecule has 0 aliphatic heterocycles. The predicted molar refractivity (Wildman–Crippen MR) is 121 cm³/mol. The monoisotopic (exact) mass is 454 g/mol. The standard InChI is InChI=1S/C24H26N2O5S/c1-17-7-11-21(12-8-17)32(28,29)31-15-13-19-9-10-20(30-3)16-22(19)18(2)26-24(27)23-6-4-5-14-25-23/h4-12,14,16,18H,13,15H2,1-3H3,(H,26,27). The molecule has 0 saturated carbocycles. The number of pyridine rings is 1. The highest BCUT2D eigenvalue weighted by Crippen LogP contribution is 2.25. The number of benzene rings is 2. The first-order chi connectivity index (χ1) is 15.3. The van der Waals surface area contributed by atoms with Gasteiger partial charge in [-0.25, -0.2) is 0 Å². The van der Waals surface area contributed by atoms with Gasteiger partial charge in [-0.1, -0.05) is 29.8 Å². The summed E-state index contributed by atoms with van der Waals surface area (Å²) in [5.74, 6) is 0.334. The molecule has 0 bridgehead atoms. The Hall–Kier alpha value is -3.23. The third kappa shape index (κ3) is 5.93. The number of rotatable bonds is 9. The van der Waals surface area contributed by atoms with Crippen molar-refractivity contribution in [3.63, 3.8) is 0 Å². The van der Waals surface area contributed by atoms with Crippen molar-refractivity contribution in [1.29, 1.82) is 0 Å². The summed E-state index contributed by atoms with van der Waals surface area (Å²) in [6.45, 7) is 3.70. The predicted octanol–water partition coefficient (Wildman–Crippen LogP) is 3.84. The summed E-state index contributed by atoms with van der Waals surface area (Å²) < 4.78 is 35.5. The van der Waals surface area contributed by atoms with Gasteiger partial charge in [0.15, 0.2) is 0 Å². The average molecular weight is 455 g/mol. The minimum absolute atomic E-state index is 0.0313. The molecule has 168 valence electrons. The molecule has 7 nitrogen and oxygen atoms in total. The van der Waals surface area contributed by atoms with Gasteiger partial charge in [0.05, 0.1) is 24.7 Å². The first-order valence-corrected chi connectivity index (χ1v) is 11.6. The topological polar surface area (TPSA) is 94.6 Å². The Morgan fingerprint density at radius 2 is 1.84 bits per heavy atom. The molecule has 1 heterocycles. The summed E-state index contributed by atoms with van der Waals surface area (Å²) in [4.78, 5) is 16.7. The van der Waals surface area contributed by atoms with Gasteiger partial charge in [-0.05, 0) is 67.8 Å². The third-order valence-electron chi connectivity index (χ3n) is 4.98. The number of nitrogens with one attached hydrogen (secondary N) is 1. The first kappa shape index (κ1) is 23.4. The van der Waals surface area contributed by atoms with E-state index in [0.29, 0.717) is 17.9 Å². The second-order valence-corrected chi connectivity index (χ2v) is 8.93. The second-order valence-electron chi connectivity index (χ2n) is 7.31. The number of amides is 1. The number of carbonyl (C=O) groups excluding carboxylic acids is 1. The Morgan fingerprint density at radius 1 is 1.09 bits per heavy atom. The van der Waals surface area contributed by atoms with Gasteiger partial charge >= 0.3 is 0 Å². The van der Waals surface area contributed by atoms with Crippen LogP contribution in [0.4, 0.5) is 0 Å². The Bertz CT molecular complexity index is 1160. The maximum atomic E-state index is 12.5. The van der Waals surface area contributed by atoms with Gasteiger partial charge in [0.25, 0.3) is 16.0 Å². The summed E-state index contributed by atoms with van der Waals surface area (Å²) in [5.41, 5.74) is 2.94. The summed E-state index contributed by atoms with van der Waals surface area (Å²) in [6, 6.07) is 16.7. The van der Waals surface area contributed by atoms with E-state index in [0.717, 1.165) is 16.7 Å². The van der Waals surface area contributed by atoms with Crippen molar-refractivity contribution >= 4 is 16.0 Å². The van der Waals surface area contributed by atoms with Crippen LogP contribution in [0.3, 0.4) is 0 Å². The van der Waals surface area contributed by atoms with Crippen molar-refractivity contribution in [1.82, 2.24) is 10.3 Å². The molecule has 32 heavy (non-hydrogen) atoms. The van der Waals surface area contributed by atoms with E-state index in [9.17, 15) is 13.2 Å². The summed E-state index contributed by atoms with van der Waals surface area (Å²) in [5, 5.41) is 2.93. The largest absolute Gasteiger partial charge is 0.497 e. The van der Waals surface area contributed by atoms with Crippen LogP contribution in [0.15, 0.2) is 71.8 Å². The molecular formula is C24H26N2O5S. The number of methoxy groups -OCH3 is 1. The van der Waals surface area contributed by atoms with E-state index in [1.165, 1.54) is 12.1 Å². The van der Waals surface area contributed by atoms with Crippen LogP contribution in [0.5, 0.6) is 5.75 Å². The molecule has 0 radical (unpaired) electrons. The quantitative estimate of drug-likeness (QED) is 0.494. The molecule has 0 aliphatic rings. The number of hydrogen-bond donors (Lipinski definition) is 1. The van der Waals surface area contributed by atoms with Gasteiger partial charge in [-0.15, -0.1) is 0 Å². The van der Waals surface area contributed by atoms with Crippen molar-refractivity contribution < 1.29 is 22.1 Å². The van der Waals surface area contributed by atoms with Crippen LogP contribution in [0, 0.1) is 6.92 Å². The minimum atomic E-state index is -3.85. The zero-order valence-electron chi connectivity index (χ0n) is 18.2. The van der Waals surface area contributed by atoms with E-state index < -0.39 is 10.1 Å². The fourth-order valence-electron chi connectivity index (χ4n) is 3.21. The maximum Gasteiger partial charge on any atom is 0.296 e. The van der Waals surface area contributed by atoms with Gasteiger partial charge < -0.3 is 10.1 Å². The molecule has 3 aromatic rings. The van der Waals surface area contributed by atoms with Crippen LogP contribution in [0.2, 0.25) is 0 Å². The Morgan fingerprint density at radius 3 is 2.50 bits per heavy atom. The molecular weight excluding hydrogens is 428 g/mol. The smallest absolute Gasteiger partial charge is 0.296 e. The number of aromatic nitrogens is 1. The van der Waals surface area contributed by atoms with Gasteiger partial charge in [-0.3, -0.25) is 14.0 Å². The minimum Gasteiger partial charge on any atom is -0.497 e. The number of ether oxygens (including phenoxy) is 1. The Balaban J connectivity index is 1.72. The highest BCUT2D eigenvalue weighted by molar-refractivity contribution is 7.86. The average Bonchev–Trinajstić information content (AvgIpc) is 2.80. The fourth-order valence-corrected chi connectivity index (χ4v) is 4.12. The van der Waals surface area contributed by atoms with Crippen LogP contribution in [-0.2, 0) is 20.7 Å². The second kappa shape index (κ2) is 10.4. The molecule has 0 spiro atoms. The van der Waals surface area contributed by atoms with E-state index in [-0.39, 0.29) is 23.5 Å². The number of aryl methyl sites for hydroxylation is 1. The lowest BCUT2D eigenvalue weighted by atomic mass is 9.98. The fraction of sp³-hybridized carbons (Fsp3) is 0.250. The summed E-state index contributed by atoms with van der Waals surface area (Å²) >= 11 is 0. The molecule has 1 atom stereocenters. The van der Waals surface area contributed by atoms with Crippen LogP contribution in [0.25, 0.3) is 0 Å². The van der Waals surface area contributed by atoms with E-state index >= 15 is 0 Å². The third-order valence-corrected chi connectivity index (χ3v) is 6.31. The van der Waals surface area contributed by atoms with Crippen molar-refractivity contribution in [2.45, 2.75) is 31.2 Å². The van der Waals surface area contributed by atoms with Crippen molar-refractivity contribution in [2.75, 3.05) is 13.7 Å². The van der Waals surface area contributed by atoms with Gasteiger partial charge in [0.2, 0.25) is 0 Å². The Labute approximate surface area is 188 Å². The van der Waals surface area contributed by atoms with Crippen LogP contribution in [0.1, 0.15) is 40.1 Å². The molecule has 1 N–H and O–H groups in total. The van der Waals surface area contributed by atoms with Crippen LogP contribution in [-0.4, -0.2) is 33.0 Å². The molecule has 0 fully saturated rings. The highest BCUT2D eigenvalue weighted by Gasteiger charge is 2.18. The number of nitrogens with zero attached hydrogens (tertiary/aromatic N) is 1. The molecule has 8 heteroatoms. The van der Waals surface area contributed by atoms with Crippen LogP contribution >= 0.6 is 0 Å². The van der Waals surface area contributed by atoms with E-state index in [1.807, 2.05) is 26.0 Å². The van der Waals surface area contributed by atoms with Gasteiger partial charge in [0, 0.05) is 6.20 Å². The van der Waals surface area contributed by atoms with Crippen molar-refractivity contribution in [2.24, 2.45) is 0 Å².